The van der Waals surface area contributed by atoms with Gasteiger partial charge in [-0.05, 0) is 30.7 Å². The van der Waals surface area contributed by atoms with Gasteiger partial charge in [0.2, 0.25) is 5.91 Å². The van der Waals surface area contributed by atoms with E-state index in [1.165, 1.54) is 6.07 Å². The van der Waals surface area contributed by atoms with Gasteiger partial charge in [-0.25, -0.2) is 8.42 Å². The topological polar surface area (TPSA) is 72.9 Å². The highest BCUT2D eigenvalue weighted by atomic mass is 32.2. The van der Waals surface area contributed by atoms with Crippen LogP contribution in [0.3, 0.4) is 0 Å². The van der Waals surface area contributed by atoms with E-state index in [1.807, 2.05) is 6.92 Å². The van der Waals surface area contributed by atoms with Gasteiger partial charge in [-0.2, -0.15) is 0 Å². The Morgan fingerprint density at radius 3 is 2.69 bits per heavy atom. The maximum absolute atomic E-state index is 13.0. The number of amides is 1. The van der Waals surface area contributed by atoms with E-state index in [4.69, 9.17) is 9.47 Å². The molecule has 0 aromatic heterocycles. The Morgan fingerprint density at radius 2 is 2.00 bits per heavy atom. The van der Waals surface area contributed by atoms with Gasteiger partial charge in [0.05, 0.1) is 30.7 Å². The number of sulfone groups is 1. The fraction of sp³-hybridized carbons (Fsp3) is 0.316. The highest BCUT2D eigenvalue weighted by molar-refractivity contribution is 7.90. The number of fused-ring (bicyclic) bond motifs is 1. The molecule has 0 N–H and O–H groups in total. The van der Waals surface area contributed by atoms with Crippen LogP contribution in [0, 0.1) is 0 Å². The monoisotopic (exact) mass is 375 g/mol. The second-order valence-corrected chi connectivity index (χ2v) is 8.31. The van der Waals surface area contributed by atoms with Crippen molar-refractivity contribution < 1.29 is 22.7 Å². The number of anilines is 1. The van der Waals surface area contributed by atoms with Gasteiger partial charge in [0.25, 0.3) is 0 Å². The van der Waals surface area contributed by atoms with Gasteiger partial charge < -0.3 is 14.4 Å². The molecule has 1 heterocycles. The summed E-state index contributed by atoms with van der Waals surface area (Å²) in [6.45, 7) is 2.28. The maximum atomic E-state index is 13.0. The Balaban J connectivity index is 1.95. The minimum absolute atomic E-state index is 0.00733. The standard InChI is InChI=1S/C19H21NO5S/c1-13-12-20(16-11-15(24-2)8-9-17(16)25-13)19(21)10-14-6-4-5-7-18(14)26(3,22)23/h4-9,11,13H,10,12H2,1-3H3. The van der Waals surface area contributed by atoms with Gasteiger partial charge in [0.1, 0.15) is 17.6 Å². The van der Waals surface area contributed by atoms with E-state index in [9.17, 15) is 13.2 Å². The van der Waals surface area contributed by atoms with Crippen molar-refractivity contribution in [3.63, 3.8) is 0 Å². The molecule has 1 aliphatic rings. The van der Waals surface area contributed by atoms with Crippen LogP contribution < -0.4 is 14.4 Å². The van der Waals surface area contributed by atoms with Gasteiger partial charge in [0, 0.05) is 12.3 Å². The summed E-state index contributed by atoms with van der Waals surface area (Å²) >= 11 is 0. The second kappa shape index (κ2) is 6.99. The minimum Gasteiger partial charge on any atom is -0.497 e. The quantitative estimate of drug-likeness (QED) is 0.821. The largest absolute Gasteiger partial charge is 0.497 e. The number of methoxy groups -OCH3 is 1. The summed E-state index contributed by atoms with van der Waals surface area (Å²) in [5, 5.41) is 0. The number of hydrogen-bond donors (Lipinski definition) is 0. The minimum atomic E-state index is -3.41. The van der Waals surface area contributed by atoms with E-state index in [1.54, 1.807) is 48.4 Å². The van der Waals surface area contributed by atoms with E-state index in [2.05, 4.69) is 0 Å². The summed E-state index contributed by atoms with van der Waals surface area (Å²) in [5.74, 6) is 1.04. The predicted molar refractivity (Wildman–Crippen MR) is 98.7 cm³/mol. The zero-order valence-corrected chi connectivity index (χ0v) is 15.7. The van der Waals surface area contributed by atoms with E-state index < -0.39 is 9.84 Å². The van der Waals surface area contributed by atoms with Gasteiger partial charge in [-0.15, -0.1) is 0 Å². The van der Waals surface area contributed by atoms with Crippen LogP contribution in [0.15, 0.2) is 47.4 Å². The molecule has 26 heavy (non-hydrogen) atoms. The molecular weight excluding hydrogens is 354 g/mol. The molecule has 3 rings (SSSR count). The molecule has 0 fully saturated rings. The molecule has 7 heteroatoms. The first kappa shape index (κ1) is 18.3. The Kier molecular flexibility index (Phi) is 4.91. The van der Waals surface area contributed by atoms with Crippen molar-refractivity contribution in [1.82, 2.24) is 0 Å². The molecule has 1 unspecified atom stereocenters. The van der Waals surface area contributed by atoms with Crippen LogP contribution in [0.2, 0.25) is 0 Å². The van der Waals surface area contributed by atoms with Crippen molar-refractivity contribution in [3.05, 3.63) is 48.0 Å². The van der Waals surface area contributed by atoms with E-state index in [0.717, 1.165) is 6.26 Å². The van der Waals surface area contributed by atoms with Gasteiger partial charge >= 0.3 is 0 Å². The fourth-order valence-corrected chi connectivity index (χ4v) is 3.99. The first-order valence-corrected chi connectivity index (χ1v) is 10.1. The Bertz CT molecular complexity index is 939. The number of rotatable bonds is 4. The zero-order chi connectivity index (χ0) is 18.9. The summed E-state index contributed by atoms with van der Waals surface area (Å²) in [4.78, 5) is 14.8. The number of nitrogens with zero attached hydrogens (tertiary/aromatic N) is 1. The van der Waals surface area contributed by atoms with Crippen LogP contribution in [0.25, 0.3) is 0 Å². The fourth-order valence-electron chi connectivity index (χ4n) is 3.05. The van der Waals surface area contributed by atoms with Gasteiger partial charge in [0.15, 0.2) is 9.84 Å². The number of ether oxygens (including phenoxy) is 2. The average Bonchev–Trinajstić information content (AvgIpc) is 2.60. The molecular formula is C19H21NO5S. The summed E-state index contributed by atoms with van der Waals surface area (Å²) in [7, 11) is -1.85. The molecule has 2 aromatic rings. The van der Waals surface area contributed by atoms with Crippen molar-refractivity contribution in [3.8, 4) is 11.5 Å². The zero-order valence-electron chi connectivity index (χ0n) is 14.9. The normalized spacial score (nSPS) is 16.6. The van der Waals surface area contributed by atoms with Crippen LogP contribution in [-0.2, 0) is 21.1 Å². The molecule has 1 aliphatic heterocycles. The molecule has 138 valence electrons. The van der Waals surface area contributed by atoms with E-state index in [0.29, 0.717) is 29.3 Å². The van der Waals surface area contributed by atoms with Crippen molar-refractivity contribution in [2.45, 2.75) is 24.3 Å². The molecule has 1 atom stereocenters. The van der Waals surface area contributed by atoms with Gasteiger partial charge in [-0.3, -0.25) is 4.79 Å². The average molecular weight is 375 g/mol. The van der Waals surface area contributed by atoms with Crippen LogP contribution in [-0.4, -0.2) is 40.3 Å². The molecule has 0 saturated heterocycles. The SMILES string of the molecule is COc1ccc2c(c1)N(C(=O)Cc1ccccc1S(C)(=O)=O)CC(C)O2. The first-order chi connectivity index (χ1) is 12.3. The summed E-state index contributed by atoms with van der Waals surface area (Å²) < 4.78 is 35.0. The lowest BCUT2D eigenvalue weighted by atomic mass is 10.1. The third-order valence-electron chi connectivity index (χ3n) is 4.24. The Labute approximate surface area is 153 Å². The van der Waals surface area contributed by atoms with E-state index >= 15 is 0 Å². The highest BCUT2D eigenvalue weighted by Gasteiger charge is 2.29. The third kappa shape index (κ3) is 3.67. The lowest BCUT2D eigenvalue weighted by Gasteiger charge is -2.33. The molecule has 0 saturated carbocycles. The lowest BCUT2D eigenvalue weighted by molar-refractivity contribution is -0.118. The number of carbonyl (C=O) groups is 1. The highest BCUT2D eigenvalue weighted by Crippen LogP contribution is 2.37. The number of benzene rings is 2. The van der Waals surface area contributed by atoms with Crippen LogP contribution >= 0.6 is 0 Å². The first-order valence-electron chi connectivity index (χ1n) is 8.22. The van der Waals surface area contributed by atoms with Gasteiger partial charge in [-0.1, -0.05) is 18.2 Å². The van der Waals surface area contributed by atoms with Crippen molar-refractivity contribution in [2.75, 3.05) is 24.8 Å². The lowest BCUT2D eigenvalue weighted by Crippen LogP contribution is -2.43. The molecule has 0 aliphatic carbocycles. The molecule has 2 aromatic carbocycles. The molecule has 6 nitrogen and oxygen atoms in total. The molecule has 1 amide bonds. The number of carbonyl (C=O) groups excluding carboxylic acids is 1. The summed E-state index contributed by atoms with van der Waals surface area (Å²) in [6.07, 6.45) is 0.977. The van der Waals surface area contributed by atoms with Crippen LogP contribution in [0.5, 0.6) is 11.5 Å². The van der Waals surface area contributed by atoms with E-state index in [-0.39, 0.29) is 23.3 Å². The Morgan fingerprint density at radius 1 is 1.27 bits per heavy atom. The maximum Gasteiger partial charge on any atom is 0.231 e. The summed E-state index contributed by atoms with van der Waals surface area (Å²) in [6, 6.07) is 11.9. The van der Waals surface area contributed by atoms with Crippen molar-refractivity contribution >= 4 is 21.4 Å². The smallest absolute Gasteiger partial charge is 0.231 e. The van der Waals surface area contributed by atoms with Crippen LogP contribution in [0.1, 0.15) is 12.5 Å². The van der Waals surface area contributed by atoms with Crippen LogP contribution in [0.4, 0.5) is 5.69 Å². The molecule has 0 radical (unpaired) electrons. The molecule has 0 bridgehead atoms. The Hall–Kier alpha value is -2.54. The van der Waals surface area contributed by atoms with Crippen molar-refractivity contribution in [2.24, 2.45) is 0 Å². The third-order valence-corrected chi connectivity index (χ3v) is 5.44. The predicted octanol–water partition coefficient (Wildman–Crippen LogP) is 2.46. The van der Waals surface area contributed by atoms with Crippen molar-refractivity contribution in [1.29, 1.82) is 0 Å². The summed E-state index contributed by atoms with van der Waals surface area (Å²) in [5.41, 5.74) is 1.12. The second-order valence-electron chi connectivity index (χ2n) is 6.32. The molecule has 0 spiro atoms. The number of hydrogen-bond acceptors (Lipinski definition) is 5.